The highest BCUT2D eigenvalue weighted by Gasteiger charge is 2.24. The topological polar surface area (TPSA) is 25.1 Å². The van der Waals surface area contributed by atoms with Gasteiger partial charge in [0, 0.05) is 6.42 Å². The van der Waals surface area contributed by atoms with Crippen LogP contribution in [-0.4, -0.2) is 6.29 Å². The summed E-state index contributed by atoms with van der Waals surface area (Å²) in [6.45, 7) is 2.25. The third-order valence-corrected chi connectivity index (χ3v) is 2.28. The van der Waals surface area contributed by atoms with Crippen LogP contribution in [0.3, 0.4) is 0 Å². The smallest absolute Gasteiger partial charge is 0.199 e. The van der Waals surface area contributed by atoms with E-state index in [0.717, 1.165) is 6.42 Å². The zero-order valence-corrected chi connectivity index (χ0v) is 8.05. The molecule has 0 radical (unpaired) electrons. The molecule has 0 N–H and O–H groups in total. The van der Waals surface area contributed by atoms with Crippen molar-refractivity contribution in [2.45, 2.75) is 64.6 Å². The Morgan fingerprint density at radius 2 is 1.42 bits per heavy atom. The molecule has 0 amide bonds. The average Bonchev–Trinajstić information content (AvgIpc) is 2.87. The largest absolute Gasteiger partial charge is 0.224 e. The van der Waals surface area contributed by atoms with Gasteiger partial charge in [-0.25, -0.2) is 0 Å². The van der Waals surface area contributed by atoms with E-state index in [1.807, 2.05) is 0 Å². The Hall–Kier alpha value is -0.0800. The van der Waals surface area contributed by atoms with Crippen LogP contribution in [0.1, 0.15) is 58.3 Å². The van der Waals surface area contributed by atoms with Gasteiger partial charge in [0.05, 0.1) is 0 Å². The first-order chi connectivity index (χ1) is 5.93. The minimum Gasteiger partial charge on any atom is -0.199 e. The molecule has 0 bridgehead atoms. The Morgan fingerprint density at radius 1 is 0.833 bits per heavy atom. The quantitative estimate of drug-likeness (QED) is 0.318. The minimum atomic E-state index is 0.153. The lowest BCUT2D eigenvalue weighted by Gasteiger charge is -1.98. The van der Waals surface area contributed by atoms with Crippen LogP contribution < -0.4 is 0 Å². The van der Waals surface area contributed by atoms with Crippen LogP contribution in [0.5, 0.6) is 0 Å². The molecule has 1 saturated heterocycles. The summed E-state index contributed by atoms with van der Waals surface area (Å²) in [7, 11) is 0. The maximum atomic E-state index is 4.65. The number of unbranched alkanes of at least 4 members (excludes halogenated alkanes) is 6. The van der Waals surface area contributed by atoms with Crippen LogP contribution in [-0.2, 0) is 9.78 Å². The van der Waals surface area contributed by atoms with E-state index >= 15 is 0 Å². The minimum absolute atomic E-state index is 0.153. The molecular weight excluding hydrogens is 152 g/mol. The van der Waals surface area contributed by atoms with E-state index in [0.29, 0.717) is 0 Å². The summed E-state index contributed by atoms with van der Waals surface area (Å²) in [6.07, 6.45) is 10.8. The van der Waals surface area contributed by atoms with Crippen LogP contribution in [0.2, 0.25) is 0 Å². The van der Waals surface area contributed by atoms with Gasteiger partial charge in [0.2, 0.25) is 6.29 Å². The van der Waals surface area contributed by atoms with Crippen LogP contribution in [0.4, 0.5) is 0 Å². The van der Waals surface area contributed by atoms with Gasteiger partial charge in [-0.15, -0.1) is 0 Å². The van der Waals surface area contributed by atoms with Gasteiger partial charge in [0.25, 0.3) is 0 Å². The molecule has 1 aliphatic heterocycles. The van der Waals surface area contributed by atoms with Crippen molar-refractivity contribution >= 4 is 0 Å². The summed E-state index contributed by atoms with van der Waals surface area (Å²) in [6, 6.07) is 0. The van der Waals surface area contributed by atoms with Crippen LogP contribution in [0, 0.1) is 0 Å². The Morgan fingerprint density at radius 3 is 2.00 bits per heavy atom. The fourth-order valence-electron chi connectivity index (χ4n) is 1.40. The standard InChI is InChI=1S/C10H20O2/c1-2-3-4-5-6-7-8-9-10-11-12-10/h10H,2-9H2,1H3. The normalized spacial score (nSPS) is 16.8. The van der Waals surface area contributed by atoms with Crippen molar-refractivity contribution in [3.63, 3.8) is 0 Å². The molecule has 0 aromatic heterocycles. The zero-order valence-electron chi connectivity index (χ0n) is 8.05. The lowest BCUT2D eigenvalue weighted by atomic mass is 10.1. The molecule has 1 aliphatic rings. The molecule has 0 aliphatic carbocycles. The zero-order chi connectivity index (χ0) is 8.65. The summed E-state index contributed by atoms with van der Waals surface area (Å²) in [5.41, 5.74) is 0. The highest BCUT2D eigenvalue weighted by Crippen LogP contribution is 2.19. The predicted octanol–water partition coefficient (Wildman–Crippen LogP) is 3.42. The average molecular weight is 172 g/mol. The molecule has 0 saturated carbocycles. The molecule has 2 heteroatoms. The second-order valence-corrected chi connectivity index (χ2v) is 3.53. The highest BCUT2D eigenvalue weighted by atomic mass is 17.4. The second kappa shape index (κ2) is 6.44. The molecule has 72 valence electrons. The summed E-state index contributed by atoms with van der Waals surface area (Å²) < 4.78 is 0. The summed E-state index contributed by atoms with van der Waals surface area (Å²) in [4.78, 5) is 9.31. The first-order valence-electron chi connectivity index (χ1n) is 5.25. The van der Waals surface area contributed by atoms with E-state index < -0.39 is 0 Å². The molecular formula is C10H20O2. The van der Waals surface area contributed by atoms with E-state index in [-0.39, 0.29) is 6.29 Å². The molecule has 0 unspecified atom stereocenters. The van der Waals surface area contributed by atoms with Gasteiger partial charge in [-0.2, -0.15) is 9.78 Å². The first-order valence-corrected chi connectivity index (χ1v) is 5.25. The van der Waals surface area contributed by atoms with Crippen molar-refractivity contribution < 1.29 is 9.78 Å². The molecule has 0 aromatic rings. The van der Waals surface area contributed by atoms with Gasteiger partial charge in [0.15, 0.2) is 0 Å². The van der Waals surface area contributed by atoms with Crippen molar-refractivity contribution in [1.82, 2.24) is 0 Å². The van der Waals surface area contributed by atoms with E-state index in [2.05, 4.69) is 16.7 Å². The van der Waals surface area contributed by atoms with Gasteiger partial charge < -0.3 is 0 Å². The number of rotatable bonds is 8. The lowest BCUT2D eigenvalue weighted by molar-refractivity contribution is 0.0850. The number of hydrogen-bond acceptors (Lipinski definition) is 2. The summed E-state index contributed by atoms with van der Waals surface area (Å²) in [5, 5.41) is 0. The molecule has 1 rings (SSSR count). The lowest BCUT2D eigenvalue weighted by Crippen LogP contribution is -1.85. The van der Waals surface area contributed by atoms with Crippen molar-refractivity contribution in [2.75, 3.05) is 0 Å². The fourth-order valence-corrected chi connectivity index (χ4v) is 1.40. The van der Waals surface area contributed by atoms with Gasteiger partial charge in [-0.3, -0.25) is 0 Å². The van der Waals surface area contributed by atoms with Crippen molar-refractivity contribution in [1.29, 1.82) is 0 Å². The molecule has 0 spiro atoms. The van der Waals surface area contributed by atoms with Crippen molar-refractivity contribution in [2.24, 2.45) is 0 Å². The van der Waals surface area contributed by atoms with Gasteiger partial charge in [-0.05, 0) is 6.42 Å². The fraction of sp³-hybridized carbons (Fsp3) is 1.00. The molecule has 1 fully saturated rings. The van der Waals surface area contributed by atoms with E-state index in [1.165, 1.54) is 44.9 Å². The maximum Gasteiger partial charge on any atom is 0.224 e. The third kappa shape index (κ3) is 5.56. The SMILES string of the molecule is CCCCCCCCCC1OO1. The summed E-state index contributed by atoms with van der Waals surface area (Å²) >= 11 is 0. The Labute approximate surface area is 75.2 Å². The van der Waals surface area contributed by atoms with Gasteiger partial charge >= 0.3 is 0 Å². The molecule has 1 heterocycles. The molecule has 2 nitrogen and oxygen atoms in total. The highest BCUT2D eigenvalue weighted by molar-refractivity contribution is 4.50. The number of hydrogen-bond donors (Lipinski definition) is 0. The van der Waals surface area contributed by atoms with Gasteiger partial charge in [0.1, 0.15) is 0 Å². The van der Waals surface area contributed by atoms with Crippen LogP contribution in [0.15, 0.2) is 0 Å². The van der Waals surface area contributed by atoms with Gasteiger partial charge in [-0.1, -0.05) is 45.4 Å². The van der Waals surface area contributed by atoms with Crippen LogP contribution >= 0.6 is 0 Å². The summed E-state index contributed by atoms with van der Waals surface area (Å²) in [5.74, 6) is 0. The Balaban J connectivity index is 1.65. The monoisotopic (exact) mass is 172 g/mol. The van der Waals surface area contributed by atoms with Crippen LogP contribution in [0.25, 0.3) is 0 Å². The second-order valence-electron chi connectivity index (χ2n) is 3.53. The maximum absolute atomic E-state index is 4.65. The van der Waals surface area contributed by atoms with E-state index in [9.17, 15) is 0 Å². The Kier molecular flexibility index (Phi) is 5.37. The molecule has 0 aromatic carbocycles. The predicted molar refractivity (Wildman–Crippen MR) is 48.6 cm³/mol. The molecule has 12 heavy (non-hydrogen) atoms. The first kappa shape index (κ1) is 10.0. The van der Waals surface area contributed by atoms with E-state index in [1.54, 1.807) is 0 Å². The Bertz CT molecular complexity index is 100. The van der Waals surface area contributed by atoms with Crippen molar-refractivity contribution in [3.05, 3.63) is 0 Å². The van der Waals surface area contributed by atoms with E-state index in [4.69, 9.17) is 0 Å². The van der Waals surface area contributed by atoms with Crippen molar-refractivity contribution in [3.8, 4) is 0 Å². The third-order valence-electron chi connectivity index (χ3n) is 2.28. The molecule has 0 atom stereocenters.